The second-order valence-corrected chi connectivity index (χ2v) is 9.75. The second kappa shape index (κ2) is 7.73. The second-order valence-electron chi connectivity index (χ2n) is 8.67. The molecule has 1 aliphatic rings. The zero-order valence-corrected chi connectivity index (χ0v) is 18.6. The van der Waals surface area contributed by atoms with Crippen LogP contribution in [0, 0.1) is 6.92 Å². The molecule has 0 amide bonds. The number of aliphatic carboxylic acids is 1. The number of thiazole rings is 1. The summed E-state index contributed by atoms with van der Waals surface area (Å²) in [4.78, 5) is 17.0. The van der Waals surface area contributed by atoms with Gasteiger partial charge in [0, 0.05) is 27.6 Å². The Labute approximate surface area is 192 Å². The Balaban J connectivity index is 1.42. The monoisotopic (exact) mass is 470 g/mol. The summed E-state index contributed by atoms with van der Waals surface area (Å²) in [7, 11) is 0. The van der Waals surface area contributed by atoms with Gasteiger partial charge in [-0.2, -0.15) is 13.2 Å². The lowest BCUT2D eigenvalue weighted by molar-refractivity contribution is -0.138. The van der Waals surface area contributed by atoms with Gasteiger partial charge in [-0.15, -0.1) is 11.3 Å². The molecule has 0 atom stereocenters. The fourth-order valence-electron chi connectivity index (χ4n) is 4.34. The number of alkyl halides is 3. The molecule has 1 aliphatic carbocycles. The number of fused-ring (bicyclic) bond motifs is 1. The van der Waals surface area contributed by atoms with Crippen molar-refractivity contribution in [1.82, 2.24) is 9.55 Å². The summed E-state index contributed by atoms with van der Waals surface area (Å²) >= 11 is 1.53. The maximum absolute atomic E-state index is 12.9. The number of hydrogen-bond donors (Lipinski definition) is 1. The molecular formula is C25H21F3N2O2S. The highest BCUT2D eigenvalue weighted by Gasteiger charge is 2.45. The number of aryl methyl sites for hydroxylation is 1. The molecule has 4 aromatic rings. The Morgan fingerprint density at radius 1 is 1.15 bits per heavy atom. The molecule has 0 saturated heterocycles. The third kappa shape index (κ3) is 4.15. The van der Waals surface area contributed by atoms with Crippen LogP contribution in [-0.4, -0.2) is 20.6 Å². The van der Waals surface area contributed by atoms with Crippen LogP contribution in [0.15, 0.2) is 54.7 Å². The third-order valence-corrected chi connectivity index (χ3v) is 7.60. The standard InChI is InChI=1S/C25H21F3N2O2S/c1-15-21(33-23(29-15)17-3-5-18(6-4-17)25(26,27)28)13-24(9-10-24)19-7-2-16-8-11-30(14-22(31)32)20(16)12-19/h2-8,11-12H,9-10,13-14H2,1H3,(H,31,32). The molecule has 2 aromatic heterocycles. The van der Waals surface area contributed by atoms with E-state index >= 15 is 0 Å². The molecule has 8 heteroatoms. The minimum Gasteiger partial charge on any atom is -0.480 e. The van der Waals surface area contributed by atoms with Crippen molar-refractivity contribution in [2.45, 2.75) is 44.3 Å². The number of hydrogen-bond acceptors (Lipinski definition) is 3. The van der Waals surface area contributed by atoms with Crippen molar-refractivity contribution >= 4 is 28.2 Å². The molecule has 1 fully saturated rings. The van der Waals surface area contributed by atoms with Crippen molar-refractivity contribution < 1.29 is 23.1 Å². The van der Waals surface area contributed by atoms with Crippen molar-refractivity contribution in [3.8, 4) is 10.6 Å². The molecule has 0 aliphatic heterocycles. The zero-order chi connectivity index (χ0) is 23.4. The number of rotatable bonds is 6. The summed E-state index contributed by atoms with van der Waals surface area (Å²) in [5.41, 5.74) is 2.99. The summed E-state index contributed by atoms with van der Waals surface area (Å²) in [6, 6.07) is 13.3. The fourth-order valence-corrected chi connectivity index (χ4v) is 5.55. The van der Waals surface area contributed by atoms with E-state index < -0.39 is 17.7 Å². The molecule has 1 N–H and O–H groups in total. The predicted molar refractivity (Wildman–Crippen MR) is 121 cm³/mol. The van der Waals surface area contributed by atoms with Crippen molar-refractivity contribution in [1.29, 1.82) is 0 Å². The molecule has 33 heavy (non-hydrogen) atoms. The first-order valence-electron chi connectivity index (χ1n) is 10.6. The molecule has 2 heterocycles. The summed E-state index contributed by atoms with van der Waals surface area (Å²) in [5.74, 6) is -0.880. The summed E-state index contributed by atoms with van der Waals surface area (Å²) in [6.45, 7) is 1.86. The van der Waals surface area contributed by atoms with E-state index in [0.717, 1.165) is 57.9 Å². The highest BCUT2D eigenvalue weighted by molar-refractivity contribution is 7.15. The summed E-state index contributed by atoms with van der Waals surface area (Å²) in [6.07, 6.45) is 0.316. The minimum absolute atomic E-state index is 0.0127. The lowest BCUT2D eigenvalue weighted by Crippen LogP contribution is -2.11. The Hall–Kier alpha value is -3.13. The van der Waals surface area contributed by atoms with Crippen LogP contribution < -0.4 is 0 Å². The first kappa shape index (κ1) is 21.7. The van der Waals surface area contributed by atoms with E-state index in [9.17, 15) is 23.1 Å². The van der Waals surface area contributed by atoms with Gasteiger partial charge >= 0.3 is 12.1 Å². The van der Waals surface area contributed by atoms with E-state index in [1.807, 2.05) is 19.1 Å². The predicted octanol–water partition coefficient (Wildman–Crippen LogP) is 6.45. The van der Waals surface area contributed by atoms with Gasteiger partial charge in [0.1, 0.15) is 11.6 Å². The minimum atomic E-state index is -4.35. The topological polar surface area (TPSA) is 55.1 Å². The molecule has 0 unspecified atom stereocenters. The average Bonchev–Trinajstić information content (AvgIpc) is 3.31. The highest BCUT2D eigenvalue weighted by atomic mass is 32.1. The maximum atomic E-state index is 12.9. The number of carboxylic acid groups (broad SMARTS) is 1. The lowest BCUT2D eigenvalue weighted by atomic mass is 9.91. The Bertz CT molecular complexity index is 1350. The maximum Gasteiger partial charge on any atom is 0.416 e. The number of nitrogens with zero attached hydrogens (tertiary/aromatic N) is 2. The van der Waals surface area contributed by atoms with Gasteiger partial charge in [0.15, 0.2) is 0 Å². The number of benzene rings is 2. The van der Waals surface area contributed by atoms with E-state index in [2.05, 4.69) is 17.1 Å². The number of halogens is 3. The van der Waals surface area contributed by atoms with Crippen LogP contribution in [0.5, 0.6) is 0 Å². The van der Waals surface area contributed by atoms with E-state index in [1.54, 1.807) is 10.8 Å². The Kier molecular flexibility index (Phi) is 5.08. The largest absolute Gasteiger partial charge is 0.480 e. The van der Waals surface area contributed by atoms with E-state index in [4.69, 9.17) is 0 Å². The van der Waals surface area contributed by atoms with Crippen LogP contribution in [0.2, 0.25) is 0 Å². The van der Waals surface area contributed by atoms with E-state index in [-0.39, 0.29) is 12.0 Å². The molecule has 0 bridgehead atoms. The molecule has 1 saturated carbocycles. The van der Waals surface area contributed by atoms with Crippen LogP contribution >= 0.6 is 11.3 Å². The van der Waals surface area contributed by atoms with Gasteiger partial charge in [0.2, 0.25) is 0 Å². The SMILES string of the molecule is Cc1nc(-c2ccc(C(F)(F)F)cc2)sc1CC1(c2ccc3ccn(CC(=O)O)c3c2)CC1. The van der Waals surface area contributed by atoms with Crippen molar-refractivity contribution in [2.24, 2.45) is 0 Å². The quantitative estimate of drug-likeness (QED) is 0.352. The van der Waals surface area contributed by atoms with Gasteiger partial charge in [0.05, 0.1) is 11.3 Å². The first-order chi connectivity index (χ1) is 15.6. The van der Waals surface area contributed by atoms with Crippen LogP contribution in [-0.2, 0) is 29.4 Å². The van der Waals surface area contributed by atoms with Gasteiger partial charge in [0.25, 0.3) is 0 Å². The lowest BCUT2D eigenvalue weighted by Gasteiger charge is -2.16. The zero-order valence-electron chi connectivity index (χ0n) is 17.8. The van der Waals surface area contributed by atoms with E-state index in [0.29, 0.717) is 5.56 Å². The molecule has 0 radical (unpaired) electrons. The van der Waals surface area contributed by atoms with Crippen molar-refractivity contribution in [3.63, 3.8) is 0 Å². The van der Waals surface area contributed by atoms with Crippen LogP contribution in [0.1, 0.15) is 34.5 Å². The molecule has 2 aromatic carbocycles. The van der Waals surface area contributed by atoms with Crippen LogP contribution in [0.3, 0.4) is 0 Å². The molecular weight excluding hydrogens is 449 g/mol. The Morgan fingerprint density at radius 2 is 1.88 bits per heavy atom. The van der Waals surface area contributed by atoms with Crippen molar-refractivity contribution in [3.05, 3.63) is 76.4 Å². The normalized spacial score (nSPS) is 15.2. The summed E-state index contributed by atoms with van der Waals surface area (Å²) < 4.78 is 40.3. The van der Waals surface area contributed by atoms with Crippen LogP contribution in [0.25, 0.3) is 21.5 Å². The molecule has 5 rings (SSSR count). The van der Waals surface area contributed by atoms with Crippen molar-refractivity contribution in [2.75, 3.05) is 0 Å². The average molecular weight is 471 g/mol. The smallest absolute Gasteiger partial charge is 0.416 e. The van der Waals surface area contributed by atoms with Gasteiger partial charge in [-0.25, -0.2) is 4.98 Å². The van der Waals surface area contributed by atoms with Gasteiger partial charge in [-0.05, 0) is 61.4 Å². The van der Waals surface area contributed by atoms with Gasteiger partial charge < -0.3 is 9.67 Å². The van der Waals surface area contributed by atoms with Gasteiger partial charge in [-0.3, -0.25) is 4.79 Å². The van der Waals surface area contributed by atoms with Gasteiger partial charge in [-0.1, -0.05) is 24.3 Å². The fraction of sp³-hybridized carbons (Fsp3) is 0.280. The number of aromatic nitrogens is 2. The highest BCUT2D eigenvalue weighted by Crippen LogP contribution is 2.52. The third-order valence-electron chi connectivity index (χ3n) is 6.40. The Morgan fingerprint density at radius 3 is 2.52 bits per heavy atom. The van der Waals surface area contributed by atoms with E-state index in [1.165, 1.54) is 29.0 Å². The molecule has 170 valence electrons. The molecule has 0 spiro atoms. The first-order valence-corrected chi connectivity index (χ1v) is 11.4. The molecule has 4 nitrogen and oxygen atoms in total. The van der Waals surface area contributed by atoms with Crippen LogP contribution in [0.4, 0.5) is 13.2 Å². The summed E-state index contributed by atoms with van der Waals surface area (Å²) in [5, 5.41) is 10.9. The number of carboxylic acids is 1. The number of carbonyl (C=O) groups is 1.